The summed E-state index contributed by atoms with van der Waals surface area (Å²) >= 11 is 12.5. The molecule has 0 heterocycles. The highest BCUT2D eigenvalue weighted by Crippen LogP contribution is 2.26. The van der Waals surface area contributed by atoms with Crippen LogP contribution < -0.4 is 5.73 Å². The van der Waals surface area contributed by atoms with Gasteiger partial charge in [-0.3, -0.25) is 4.90 Å². The highest BCUT2D eigenvalue weighted by molar-refractivity contribution is 6.35. The quantitative estimate of drug-likeness (QED) is 0.759. The molecule has 21 heavy (non-hydrogen) atoms. The van der Waals surface area contributed by atoms with E-state index in [1.165, 1.54) is 5.56 Å². The van der Waals surface area contributed by atoms with Crippen molar-refractivity contribution >= 4 is 28.9 Å². The number of anilines is 1. The fraction of sp³-hybridized carbons (Fsp3) is 0.294. The van der Waals surface area contributed by atoms with Gasteiger partial charge in [-0.2, -0.15) is 0 Å². The van der Waals surface area contributed by atoms with E-state index in [0.29, 0.717) is 0 Å². The Hall–Kier alpha value is -1.22. The summed E-state index contributed by atoms with van der Waals surface area (Å²) in [5.41, 5.74) is 8.75. The van der Waals surface area contributed by atoms with Crippen molar-refractivity contribution < 1.29 is 0 Å². The average molecular weight is 323 g/mol. The lowest BCUT2D eigenvalue weighted by Gasteiger charge is -2.23. The molecule has 0 unspecified atom stereocenters. The Morgan fingerprint density at radius 2 is 1.57 bits per heavy atom. The molecule has 2 N–H and O–H groups in total. The summed E-state index contributed by atoms with van der Waals surface area (Å²) in [6, 6.07) is 13.6. The number of nitrogens with zero attached hydrogens (tertiary/aromatic N) is 1. The van der Waals surface area contributed by atoms with E-state index in [1.807, 2.05) is 30.3 Å². The Labute approximate surface area is 136 Å². The van der Waals surface area contributed by atoms with Gasteiger partial charge < -0.3 is 5.73 Å². The smallest absolute Gasteiger partial charge is 0.0465 e. The summed E-state index contributed by atoms with van der Waals surface area (Å²) in [6.07, 6.45) is 1.08. The zero-order chi connectivity index (χ0) is 15.2. The summed E-state index contributed by atoms with van der Waals surface area (Å²) < 4.78 is 0. The van der Waals surface area contributed by atoms with Gasteiger partial charge in [-0.05, 0) is 42.8 Å². The third-order valence-electron chi connectivity index (χ3n) is 3.37. The van der Waals surface area contributed by atoms with Crippen molar-refractivity contribution in [3.63, 3.8) is 0 Å². The third-order valence-corrected chi connectivity index (χ3v) is 4.08. The Kier molecular flexibility index (Phi) is 5.92. The van der Waals surface area contributed by atoms with Gasteiger partial charge in [-0.1, -0.05) is 48.3 Å². The predicted molar refractivity (Wildman–Crippen MR) is 91.7 cm³/mol. The van der Waals surface area contributed by atoms with Crippen LogP contribution >= 0.6 is 23.2 Å². The van der Waals surface area contributed by atoms with Gasteiger partial charge in [0.1, 0.15) is 0 Å². The monoisotopic (exact) mass is 322 g/mol. The molecule has 2 aromatic rings. The Morgan fingerprint density at radius 3 is 2.14 bits per heavy atom. The van der Waals surface area contributed by atoms with Gasteiger partial charge in [0.15, 0.2) is 0 Å². The average Bonchev–Trinajstić information content (AvgIpc) is 2.45. The number of nitrogen functional groups attached to an aromatic ring is 1. The van der Waals surface area contributed by atoms with E-state index in [-0.39, 0.29) is 0 Å². The minimum Gasteiger partial charge on any atom is -0.399 e. The molecule has 0 aliphatic heterocycles. The minimum atomic E-state index is 0.723. The Morgan fingerprint density at radius 1 is 0.952 bits per heavy atom. The van der Waals surface area contributed by atoms with E-state index in [2.05, 4.69) is 24.0 Å². The molecule has 4 heteroatoms. The summed E-state index contributed by atoms with van der Waals surface area (Å²) in [7, 11) is 0. The molecule has 0 spiro atoms. The molecule has 0 amide bonds. The summed E-state index contributed by atoms with van der Waals surface area (Å²) in [6.45, 7) is 4.77. The summed E-state index contributed by atoms with van der Waals surface area (Å²) in [4.78, 5) is 2.35. The van der Waals surface area contributed by atoms with Crippen molar-refractivity contribution in [2.75, 3.05) is 12.3 Å². The molecule has 0 fully saturated rings. The van der Waals surface area contributed by atoms with Crippen LogP contribution in [0.2, 0.25) is 10.0 Å². The number of benzene rings is 2. The van der Waals surface area contributed by atoms with Gasteiger partial charge in [-0.25, -0.2) is 0 Å². The van der Waals surface area contributed by atoms with Crippen LogP contribution in [0.5, 0.6) is 0 Å². The Balaban J connectivity index is 2.13. The van der Waals surface area contributed by atoms with Gasteiger partial charge >= 0.3 is 0 Å². The van der Waals surface area contributed by atoms with Crippen LogP contribution in [0.3, 0.4) is 0 Å². The predicted octanol–water partition coefficient (Wildman–Crippen LogP) is 4.99. The molecule has 2 aromatic carbocycles. The normalized spacial score (nSPS) is 11.0. The number of nitrogens with two attached hydrogens (primary N) is 1. The van der Waals surface area contributed by atoms with Crippen LogP contribution in [0.15, 0.2) is 42.5 Å². The molecule has 0 saturated heterocycles. The zero-order valence-electron chi connectivity index (χ0n) is 12.2. The molecular formula is C17H20Cl2N2. The van der Waals surface area contributed by atoms with E-state index < -0.39 is 0 Å². The summed E-state index contributed by atoms with van der Waals surface area (Å²) in [5.74, 6) is 0. The molecule has 0 saturated carbocycles. The van der Waals surface area contributed by atoms with Gasteiger partial charge in [0, 0.05) is 34.4 Å². The molecule has 0 aromatic heterocycles. The molecule has 2 nitrogen and oxygen atoms in total. The molecule has 2 rings (SSSR count). The number of halogens is 2. The van der Waals surface area contributed by atoms with Crippen LogP contribution in [-0.4, -0.2) is 11.4 Å². The van der Waals surface area contributed by atoms with Crippen molar-refractivity contribution in [1.82, 2.24) is 4.90 Å². The van der Waals surface area contributed by atoms with Gasteiger partial charge in [-0.15, -0.1) is 0 Å². The fourth-order valence-electron chi connectivity index (χ4n) is 2.32. The maximum atomic E-state index is 6.27. The lowest BCUT2D eigenvalue weighted by molar-refractivity contribution is 0.257. The van der Waals surface area contributed by atoms with E-state index in [4.69, 9.17) is 28.9 Å². The third kappa shape index (κ3) is 4.63. The van der Waals surface area contributed by atoms with Crippen molar-refractivity contribution in [3.8, 4) is 0 Å². The second-order valence-corrected chi connectivity index (χ2v) is 5.97. The molecule has 0 aliphatic rings. The van der Waals surface area contributed by atoms with Crippen LogP contribution in [0.25, 0.3) is 0 Å². The SMILES string of the molecule is CCCN(Cc1ccc(N)cc1)Cc1c(Cl)cccc1Cl. The van der Waals surface area contributed by atoms with Crippen LogP contribution in [0, 0.1) is 0 Å². The van der Waals surface area contributed by atoms with E-state index in [9.17, 15) is 0 Å². The Bertz CT molecular complexity index is 562. The second-order valence-electron chi connectivity index (χ2n) is 5.15. The van der Waals surface area contributed by atoms with E-state index in [0.717, 1.165) is 47.4 Å². The van der Waals surface area contributed by atoms with Gasteiger partial charge in [0.05, 0.1) is 0 Å². The first-order valence-corrected chi connectivity index (χ1v) is 7.85. The highest BCUT2D eigenvalue weighted by atomic mass is 35.5. The molecule has 0 atom stereocenters. The van der Waals surface area contributed by atoms with Crippen molar-refractivity contribution in [1.29, 1.82) is 0 Å². The fourth-order valence-corrected chi connectivity index (χ4v) is 2.84. The number of hydrogen-bond acceptors (Lipinski definition) is 2. The van der Waals surface area contributed by atoms with Crippen LogP contribution in [-0.2, 0) is 13.1 Å². The van der Waals surface area contributed by atoms with Gasteiger partial charge in [0.25, 0.3) is 0 Å². The van der Waals surface area contributed by atoms with Crippen molar-refractivity contribution in [2.24, 2.45) is 0 Å². The van der Waals surface area contributed by atoms with Crippen LogP contribution in [0.4, 0.5) is 5.69 Å². The summed E-state index contributed by atoms with van der Waals surface area (Å²) in [5, 5.41) is 1.45. The molecule has 0 bridgehead atoms. The standard InChI is InChI=1S/C17H20Cl2N2/c1-2-10-21(11-13-6-8-14(20)9-7-13)12-15-16(18)4-3-5-17(15)19/h3-9H,2,10-12,20H2,1H3. The van der Waals surface area contributed by atoms with Crippen molar-refractivity contribution in [3.05, 3.63) is 63.6 Å². The van der Waals surface area contributed by atoms with Gasteiger partial charge in [0.2, 0.25) is 0 Å². The number of hydrogen-bond donors (Lipinski definition) is 1. The molecule has 0 aliphatic carbocycles. The highest BCUT2D eigenvalue weighted by Gasteiger charge is 2.11. The first kappa shape index (κ1) is 16.2. The lowest BCUT2D eigenvalue weighted by atomic mass is 10.1. The molecule has 112 valence electrons. The van der Waals surface area contributed by atoms with Crippen LogP contribution in [0.1, 0.15) is 24.5 Å². The first-order chi connectivity index (χ1) is 10.1. The largest absolute Gasteiger partial charge is 0.399 e. The van der Waals surface area contributed by atoms with Crippen molar-refractivity contribution in [2.45, 2.75) is 26.4 Å². The van der Waals surface area contributed by atoms with E-state index in [1.54, 1.807) is 0 Å². The minimum absolute atomic E-state index is 0.723. The van der Waals surface area contributed by atoms with E-state index >= 15 is 0 Å². The maximum absolute atomic E-state index is 6.27. The lowest BCUT2D eigenvalue weighted by Crippen LogP contribution is -2.24. The second kappa shape index (κ2) is 7.69. The maximum Gasteiger partial charge on any atom is 0.0465 e. The topological polar surface area (TPSA) is 29.3 Å². The molecular weight excluding hydrogens is 303 g/mol. The number of rotatable bonds is 6. The zero-order valence-corrected chi connectivity index (χ0v) is 13.7. The molecule has 0 radical (unpaired) electrons. The first-order valence-electron chi connectivity index (χ1n) is 7.09.